The monoisotopic (exact) mass is 524 g/mol. The number of anilines is 1. The van der Waals surface area contributed by atoms with E-state index in [2.05, 4.69) is 20.4 Å². The van der Waals surface area contributed by atoms with Crippen molar-refractivity contribution in [2.24, 2.45) is 0 Å². The van der Waals surface area contributed by atoms with Crippen molar-refractivity contribution in [2.45, 2.75) is 49.3 Å². The Labute approximate surface area is 190 Å². The van der Waals surface area contributed by atoms with Crippen LogP contribution in [0.1, 0.15) is 24.9 Å². The molecule has 4 rings (SSSR count). The van der Waals surface area contributed by atoms with Gasteiger partial charge in [-0.25, -0.2) is 26.9 Å². The van der Waals surface area contributed by atoms with E-state index in [1.165, 1.54) is 6.20 Å². The number of nitrogens with zero attached hydrogens (tertiary/aromatic N) is 5. The summed E-state index contributed by atoms with van der Waals surface area (Å²) < 4.78 is 68.0. The van der Waals surface area contributed by atoms with E-state index in [9.17, 15) is 37.2 Å². The van der Waals surface area contributed by atoms with E-state index in [0.717, 1.165) is 4.68 Å². The Morgan fingerprint density at radius 1 is 1.29 bits per heavy atom. The Balaban J connectivity index is 1.61. The standard InChI is InChI=1S/C16H19F2N6O8PS/c17-16(18)1-7(2-16)21-13-8-4-20-24(14(8)23-10(3-19)22-13)15-12(26)11(25)9(32-15)5-34(30,31)6-33(27,28)29/h4,7,9,11-12,15,25-26H,1-2,5-6H2,(H,21,22,23)(H2,27,28,29)/t9-,11-,12-,15-/m1/s1. The first-order valence-electron chi connectivity index (χ1n) is 9.74. The van der Waals surface area contributed by atoms with Gasteiger partial charge in [0, 0.05) is 18.9 Å². The molecule has 0 spiro atoms. The SMILES string of the molecule is N#Cc1nc(NC2CC(F)(F)C2)c2cnn([C@@H]3O[C@H](CS(=O)(=O)CP(=O)(O)O)[C@@H](O)[C@H]3O)c2n1. The van der Waals surface area contributed by atoms with E-state index in [4.69, 9.17) is 14.5 Å². The van der Waals surface area contributed by atoms with Gasteiger partial charge in [0.1, 0.15) is 30.2 Å². The summed E-state index contributed by atoms with van der Waals surface area (Å²) in [7, 11) is -9.29. The molecule has 4 atom stereocenters. The molecule has 1 aliphatic carbocycles. The number of alkyl halides is 2. The number of ether oxygens (including phenoxy) is 1. The molecular weight excluding hydrogens is 505 g/mol. The van der Waals surface area contributed by atoms with Crippen molar-refractivity contribution in [2.75, 3.05) is 16.6 Å². The number of halogens is 2. The van der Waals surface area contributed by atoms with Gasteiger partial charge in [0.05, 0.1) is 17.3 Å². The second-order valence-electron chi connectivity index (χ2n) is 8.19. The maximum atomic E-state index is 13.2. The zero-order valence-corrected chi connectivity index (χ0v) is 18.8. The highest BCUT2D eigenvalue weighted by Crippen LogP contribution is 2.40. The number of rotatable bonds is 7. The van der Waals surface area contributed by atoms with Gasteiger partial charge in [0.25, 0.3) is 5.92 Å². The first-order valence-corrected chi connectivity index (χ1v) is 13.4. The topological polar surface area (TPSA) is 221 Å². The fraction of sp³-hybridized carbons (Fsp3) is 0.625. The minimum atomic E-state index is -4.91. The van der Waals surface area contributed by atoms with Crippen molar-refractivity contribution in [3.8, 4) is 6.07 Å². The van der Waals surface area contributed by atoms with Gasteiger partial charge < -0.3 is 30.1 Å². The van der Waals surface area contributed by atoms with Gasteiger partial charge in [-0.2, -0.15) is 15.3 Å². The molecule has 0 unspecified atom stereocenters. The summed E-state index contributed by atoms with van der Waals surface area (Å²) in [6.07, 6.45) is -6.17. The van der Waals surface area contributed by atoms with Crippen molar-refractivity contribution in [1.29, 1.82) is 5.26 Å². The second kappa shape index (κ2) is 8.41. The Kier molecular flexibility index (Phi) is 6.13. The number of hydrogen-bond donors (Lipinski definition) is 5. The second-order valence-corrected chi connectivity index (χ2v) is 12.4. The Bertz CT molecular complexity index is 1300. The smallest absolute Gasteiger partial charge is 0.340 e. The first-order chi connectivity index (χ1) is 15.7. The summed E-state index contributed by atoms with van der Waals surface area (Å²) >= 11 is 0. The highest BCUT2D eigenvalue weighted by atomic mass is 32.2. The van der Waals surface area contributed by atoms with E-state index in [1.54, 1.807) is 6.07 Å². The van der Waals surface area contributed by atoms with Crippen LogP contribution in [0.2, 0.25) is 0 Å². The van der Waals surface area contributed by atoms with E-state index >= 15 is 0 Å². The van der Waals surface area contributed by atoms with Crippen LogP contribution in [0.3, 0.4) is 0 Å². The molecular formula is C16H19F2N6O8PS. The van der Waals surface area contributed by atoms with Crippen molar-refractivity contribution in [1.82, 2.24) is 19.7 Å². The molecule has 2 aromatic heterocycles. The van der Waals surface area contributed by atoms with Crippen LogP contribution in [0, 0.1) is 11.3 Å². The molecule has 1 aliphatic heterocycles. The number of fused-ring (bicyclic) bond motifs is 1. The molecule has 34 heavy (non-hydrogen) atoms. The first kappa shape index (κ1) is 24.8. The third-order valence-electron chi connectivity index (χ3n) is 5.35. The summed E-state index contributed by atoms with van der Waals surface area (Å²) in [6, 6.07) is 1.11. The number of aliphatic hydroxyl groups excluding tert-OH is 2. The van der Waals surface area contributed by atoms with Crippen molar-refractivity contribution in [3.05, 3.63) is 12.0 Å². The summed E-state index contributed by atoms with van der Waals surface area (Å²) in [5.41, 5.74) is -1.53. The summed E-state index contributed by atoms with van der Waals surface area (Å²) in [5, 5.41) is 37.0. The molecule has 0 amide bonds. The van der Waals surface area contributed by atoms with Crippen LogP contribution in [0.4, 0.5) is 14.6 Å². The predicted molar refractivity (Wildman–Crippen MR) is 108 cm³/mol. The van der Waals surface area contributed by atoms with Gasteiger partial charge in [-0.15, -0.1) is 0 Å². The highest BCUT2D eigenvalue weighted by Gasteiger charge is 2.48. The molecule has 1 saturated carbocycles. The minimum Gasteiger partial charge on any atom is -0.387 e. The molecule has 1 saturated heterocycles. The van der Waals surface area contributed by atoms with Crippen LogP contribution in [0.25, 0.3) is 11.0 Å². The molecule has 2 fully saturated rings. The molecule has 18 heteroatoms. The Hall–Kier alpha value is -2.32. The van der Waals surface area contributed by atoms with Crippen LogP contribution >= 0.6 is 7.60 Å². The molecule has 2 aliphatic rings. The average molecular weight is 524 g/mol. The maximum Gasteiger partial charge on any atom is 0.340 e. The Morgan fingerprint density at radius 3 is 2.56 bits per heavy atom. The fourth-order valence-electron chi connectivity index (χ4n) is 3.86. The molecule has 186 valence electrons. The van der Waals surface area contributed by atoms with Crippen LogP contribution in [-0.4, -0.2) is 89.7 Å². The fourth-order valence-corrected chi connectivity index (χ4v) is 7.10. The lowest BCUT2D eigenvalue weighted by molar-refractivity contribution is -0.0793. The average Bonchev–Trinajstić information content (AvgIpc) is 3.20. The van der Waals surface area contributed by atoms with E-state index in [-0.39, 0.29) is 22.7 Å². The molecule has 2 aromatic rings. The van der Waals surface area contributed by atoms with Crippen molar-refractivity contribution < 1.29 is 46.5 Å². The van der Waals surface area contributed by atoms with Crippen LogP contribution < -0.4 is 5.32 Å². The maximum absolute atomic E-state index is 13.2. The van der Waals surface area contributed by atoms with Gasteiger partial charge in [-0.1, -0.05) is 0 Å². The third-order valence-corrected chi connectivity index (χ3v) is 9.10. The van der Waals surface area contributed by atoms with Gasteiger partial charge in [0.2, 0.25) is 5.82 Å². The lowest BCUT2D eigenvalue weighted by atomic mass is 9.88. The number of nitrogens with one attached hydrogen (secondary N) is 1. The van der Waals surface area contributed by atoms with Crippen LogP contribution in [-0.2, 0) is 19.1 Å². The van der Waals surface area contributed by atoms with Crippen molar-refractivity contribution >= 4 is 34.3 Å². The highest BCUT2D eigenvalue weighted by molar-refractivity contribution is 7.97. The zero-order valence-electron chi connectivity index (χ0n) is 17.1. The lowest BCUT2D eigenvalue weighted by Gasteiger charge is -2.35. The predicted octanol–water partition coefficient (Wildman–Crippen LogP) is -0.923. The van der Waals surface area contributed by atoms with Crippen LogP contribution in [0.5, 0.6) is 0 Å². The molecule has 3 heterocycles. The quantitative estimate of drug-likeness (QED) is 0.277. The lowest BCUT2D eigenvalue weighted by Crippen LogP contribution is -2.44. The molecule has 14 nitrogen and oxygen atoms in total. The third kappa shape index (κ3) is 5.03. The van der Waals surface area contributed by atoms with E-state index < -0.39 is 78.0 Å². The largest absolute Gasteiger partial charge is 0.387 e. The normalized spacial score (nSPS) is 27.4. The van der Waals surface area contributed by atoms with Gasteiger partial charge in [0.15, 0.2) is 27.2 Å². The number of hydrogen-bond acceptors (Lipinski definition) is 11. The summed E-state index contributed by atoms with van der Waals surface area (Å²) in [5.74, 6) is -4.11. The van der Waals surface area contributed by atoms with Gasteiger partial charge >= 0.3 is 7.60 Å². The van der Waals surface area contributed by atoms with Crippen LogP contribution in [0.15, 0.2) is 6.20 Å². The number of sulfone groups is 1. The summed E-state index contributed by atoms with van der Waals surface area (Å²) in [6.45, 7) is 0. The zero-order chi connectivity index (χ0) is 25.1. The molecule has 0 radical (unpaired) electrons. The number of aliphatic hydroxyl groups is 2. The van der Waals surface area contributed by atoms with Gasteiger partial charge in [-0.05, 0) is 0 Å². The number of aromatic nitrogens is 4. The summed E-state index contributed by atoms with van der Waals surface area (Å²) in [4.78, 5) is 25.8. The molecule has 0 aromatic carbocycles. The van der Waals surface area contributed by atoms with E-state index in [0.29, 0.717) is 0 Å². The molecule has 0 bridgehead atoms. The minimum absolute atomic E-state index is 0.0436. The van der Waals surface area contributed by atoms with Crippen molar-refractivity contribution in [3.63, 3.8) is 0 Å². The molecule has 5 N–H and O–H groups in total. The Morgan fingerprint density at radius 2 is 1.97 bits per heavy atom. The van der Waals surface area contributed by atoms with E-state index in [1.807, 2.05) is 0 Å². The number of nitriles is 1. The van der Waals surface area contributed by atoms with Gasteiger partial charge in [-0.3, -0.25) is 4.57 Å².